The second-order valence-corrected chi connectivity index (χ2v) is 4.08. The van der Waals surface area contributed by atoms with Gasteiger partial charge in [0, 0.05) is 19.3 Å². The van der Waals surface area contributed by atoms with Crippen LogP contribution in [0.1, 0.15) is 30.1 Å². The maximum atomic E-state index is 10.9. The van der Waals surface area contributed by atoms with Gasteiger partial charge in [-0.25, -0.2) is 4.79 Å². The Kier molecular flexibility index (Phi) is 5.42. The van der Waals surface area contributed by atoms with Crippen molar-refractivity contribution < 1.29 is 15.0 Å². The molecule has 1 aromatic heterocycles. The number of aromatic nitrogens is 1. The van der Waals surface area contributed by atoms with Gasteiger partial charge in [0.15, 0.2) is 0 Å². The van der Waals surface area contributed by atoms with E-state index in [1.807, 2.05) is 6.92 Å². The zero-order valence-electron chi connectivity index (χ0n) is 9.89. The fourth-order valence-electron chi connectivity index (χ4n) is 1.49. The van der Waals surface area contributed by atoms with E-state index in [0.29, 0.717) is 12.2 Å². The molecule has 1 unspecified atom stereocenters. The van der Waals surface area contributed by atoms with Gasteiger partial charge in [0.1, 0.15) is 0 Å². The molecule has 17 heavy (non-hydrogen) atoms. The number of pyridine rings is 1. The van der Waals surface area contributed by atoms with Gasteiger partial charge in [-0.05, 0) is 24.8 Å². The van der Waals surface area contributed by atoms with Crippen molar-refractivity contribution in [2.75, 3.05) is 18.5 Å². The van der Waals surface area contributed by atoms with Gasteiger partial charge < -0.3 is 15.5 Å². The molecule has 0 amide bonds. The Bertz CT molecular complexity index is 369. The number of hydrogen-bond donors (Lipinski definition) is 3. The maximum Gasteiger partial charge on any atom is 0.337 e. The summed E-state index contributed by atoms with van der Waals surface area (Å²) in [5, 5.41) is 20.9. The molecule has 0 bridgehead atoms. The van der Waals surface area contributed by atoms with Crippen molar-refractivity contribution in [1.82, 2.24) is 4.98 Å². The SMILES string of the molecule is CC(CO)CCCNc1cnccc1C(=O)O. The number of rotatable bonds is 7. The lowest BCUT2D eigenvalue weighted by molar-refractivity contribution is 0.0698. The van der Waals surface area contributed by atoms with Crippen LogP contribution >= 0.6 is 0 Å². The predicted octanol–water partition coefficient (Wildman–Crippen LogP) is 1.60. The smallest absolute Gasteiger partial charge is 0.337 e. The summed E-state index contributed by atoms with van der Waals surface area (Å²) in [5.74, 6) is -0.678. The number of aromatic carboxylic acids is 1. The van der Waals surface area contributed by atoms with Gasteiger partial charge in [-0.3, -0.25) is 4.98 Å². The third-order valence-corrected chi connectivity index (χ3v) is 2.55. The van der Waals surface area contributed by atoms with E-state index in [1.165, 1.54) is 18.5 Å². The van der Waals surface area contributed by atoms with Gasteiger partial charge in [0.25, 0.3) is 0 Å². The summed E-state index contributed by atoms with van der Waals surface area (Å²) in [6.45, 7) is 2.84. The molecule has 3 N–H and O–H groups in total. The molecular formula is C12H18N2O3. The van der Waals surface area contributed by atoms with Crippen molar-refractivity contribution in [1.29, 1.82) is 0 Å². The standard InChI is InChI=1S/C12H18N2O3/c1-9(8-15)3-2-5-14-11-7-13-6-4-10(11)12(16)17/h4,6-7,9,14-15H,2-3,5,8H2,1H3,(H,16,17). The lowest BCUT2D eigenvalue weighted by atomic mass is 10.1. The minimum atomic E-state index is -0.960. The van der Waals surface area contributed by atoms with Crippen LogP contribution in [-0.4, -0.2) is 34.3 Å². The van der Waals surface area contributed by atoms with E-state index in [4.69, 9.17) is 10.2 Å². The molecule has 1 rings (SSSR count). The summed E-state index contributed by atoms with van der Waals surface area (Å²) in [6, 6.07) is 1.47. The zero-order valence-corrected chi connectivity index (χ0v) is 9.89. The number of aliphatic hydroxyl groups excluding tert-OH is 1. The first-order valence-electron chi connectivity index (χ1n) is 5.67. The van der Waals surface area contributed by atoms with Crippen molar-refractivity contribution in [2.24, 2.45) is 5.92 Å². The minimum Gasteiger partial charge on any atom is -0.478 e. The molecule has 0 aliphatic rings. The predicted molar refractivity (Wildman–Crippen MR) is 65.2 cm³/mol. The topological polar surface area (TPSA) is 82.5 Å². The van der Waals surface area contributed by atoms with E-state index < -0.39 is 5.97 Å². The maximum absolute atomic E-state index is 10.9. The van der Waals surface area contributed by atoms with Crippen LogP contribution in [0.5, 0.6) is 0 Å². The van der Waals surface area contributed by atoms with Crippen molar-refractivity contribution in [3.63, 3.8) is 0 Å². The Morgan fingerprint density at radius 2 is 2.35 bits per heavy atom. The van der Waals surface area contributed by atoms with Gasteiger partial charge in [-0.15, -0.1) is 0 Å². The van der Waals surface area contributed by atoms with Crippen LogP contribution in [0.2, 0.25) is 0 Å². The minimum absolute atomic E-state index is 0.188. The summed E-state index contributed by atoms with van der Waals surface area (Å²) >= 11 is 0. The lowest BCUT2D eigenvalue weighted by Gasteiger charge is -2.10. The summed E-state index contributed by atoms with van der Waals surface area (Å²) in [5.41, 5.74) is 0.770. The fourth-order valence-corrected chi connectivity index (χ4v) is 1.49. The largest absolute Gasteiger partial charge is 0.478 e. The van der Waals surface area contributed by atoms with Crippen molar-refractivity contribution in [3.8, 4) is 0 Å². The fraction of sp³-hybridized carbons (Fsp3) is 0.500. The third-order valence-electron chi connectivity index (χ3n) is 2.55. The Morgan fingerprint density at radius 1 is 1.59 bits per heavy atom. The molecule has 1 aromatic rings. The molecule has 5 nitrogen and oxygen atoms in total. The number of nitrogens with one attached hydrogen (secondary N) is 1. The van der Waals surface area contributed by atoms with Crippen LogP contribution in [0.4, 0.5) is 5.69 Å². The molecule has 1 atom stereocenters. The Balaban J connectivity index is 2.44. The molecule has 0 fully saturated rings. The molecule has 0 aromatic carbocycles. The molecule has 0 aliphatic carbocycles. The first-order valence-corrected chi connectivity index (χ1v) is 5.67. The molecule has 1 heterocycles. The highest BCUT2D eigenvalue weighted by atomic mass is 16.4. The van der Waals surface area contributed by atoms with Crippen LogP contribution in [0, 0.1) is 5.92 Å². The number of carboxylic acid groups (broad SMARTS) is 1. The second-order valence-electron chi connectivity index (χ2n) is 4.08. The number of carbonyl (C=O) groups is 1. The molecular weight excluding hydrogens is 220 g/mol. The summed E-state index contributed by atoms with van der Waals surface area (Å²) in [4.78, 5) is 14.8. The highest BCUT2D eigenvalue weighted by Crippen LogP contribution is 2.13. The number of aliphatic hydroxyl groups is 1. The van der Waals surface area contributed by atoms with E-state index in [1.54, 1.807) is 0 Å². The number of hydrogen-bond acceptors (Lipinski definition) is 4. The lowest BCUT2D eigenvalue weighted by Crippen LogP contribution is -2.10. The Labute approximate surface area is 101 Å². The molecule has 0 saturated carbocycles. The van der Waals surface area contributed by atoms with Crippen LogP contribution in [0.15, 0.2) is 18.5 Å². The molecule has 5 heteroatoms. The first-order chi connectivity index (χ1) is 8.15. The van der Waals surface area contributed by atoms with Crippen molar-refractivity contribution in [2.45, 2.75) is 19.8 Å². The normalized spacial score (nSPS) is 12.1. The van der Waals surface area contributed by atoms with Gasteiger partial charge in [-0.2, -0.15) is 0 Å². The summed E-state index contributed by atoms with van der Waals surface area (Å²) in [6.07, 6.45) is 4.77. The van der Waals surface area contributed by atoms with Gasteiger partial charge >= 0.3 is 5.97 Å². The average Bonchev–Trinajstić information content (AvgIpc) is 2.34. The van der Waals surface area contributed by atoms with Crippen LogP contribution < -0.4 is 5.32 Å². The zero-order chi connectivity index (χ0) is 12.7. The van der Waals surface area contributed by atoms with E-state index in [2.05, 4.69) is 10.3 Å². The van der Waals surface area contributed by atoms with Crippen LogP contribution in [-0.2, 0) is 0 Å². The van der Waals surface area contributed by atoms with Crippen LogP contribution in [0.3, 0.4) is 0 Å². The number of carboxylic acids is 1. The van der Waals surface area contributed by atoms with Gasteiger partial charge in [0.05, 0.1) is 17.4 Å². The molecule has 0 saturated heterocycles. The van der Waals surface area contributed by atoms with E-state index in [9.17, 15) is 4.79 Å². The summed E-state index contributed by atoms with van der Waals surface area (Å²) < 4.78 is 0. The number of nitrogens with zero attached hydrogens (tertiary/aromatic N) is 1. The quantitative estimate of drug-likeness (QED) is 0.628. The van der Waals surface area contributed by atoms with E-state index in [-0.39, 0.29) is 18.1 Å². The van der Waals surface area contributed by atoms with Crippen LogP contribution in [0.25, 0.3) is 0 Å². The van der Waals surface area contributed by atoms with E-state index in [0.717, 1.165) is 12.8 Å². The first kappa shape index (κ1) is 13.4. The second kappa shape index (κ2) is 6.85. The van der Waals surface area contributed by atoms with Crippen molar-refractivity contribution in [3.05, 3.63) is 24.0 Å². The monoisotopic (exact) mass is 238 g/mol. The molecule has 0 radical (unpaired) electrons. The highest BCUT2D eigenvalue weighted by molar-refractivity contribution is 5.93. The van der Waals surface area contributed by atoms with Crippen molar-refractivity contribution >= 4 is 11.7 Å². The number of anilines is 1. The Hall–Kier alpha value is -1.62. The highest BCUT2D eigenvalue weighted by Gasteiger charge is 2.08. The third kappa shape index (κ3) is 4.40. The summed E-state index contributed by atoms with van der Waals surface area (Å²) in [7, 11) is 0. The molecule has 0 aliphatic heterocycles. The molecule has 94 valence electrons. The Morgan fingerprint density at radius 3 is 3.00 bits per heavy atom. The van der Waals surface area contributed by atoms with Gasteiger partial charge in [-0.1, -0.05) is 6.92 Å². The van der Waals surface area contributed by atoms with Gasteiger partial charge in [0.2, 0.25) is 0 Å². The molecule has 0 spiro atoms. The average molecular weight is 238 g/mol. The van der Waals surface area contributed by atoms with E-state index >= 15 is 0 Å².